The molecule has 3 amide bonds. The summed E-state index contributed by atoms with van der Waals surface area (Å²) in [6, 6.07) is 6.21. The van der Waals surface area contributed by atoms with Gasteiger partial charge in [-0.2, -0.15) is 0 Å². The Kier molecular flexibility index (Phi) is 5.51. The van der Waals surface area contributed by atoms with Crippen molar-refractivity contribution in [3.63, 3.8) is 0 Å². The van der Waals surface area contributed by atoms with Crippen molar-refractivity contribution in [1.29, 1.82) is 0 Å². The highest BCUT2D eigenvalue weighted by Crippen LogP contribution is 2.36. The minimum absolute atomic E-state index is 0.0765. The second-order valence-corrected chi connectivity index (χ2v) is 7.66. The predicted octanol–water partition coefficient (Wildman–Crippen LogP) is 2.13. The van der Waals surface area contributed by atoms with Crippen LogP contribution in [0.2, 0.25) is 0 Å². The summed E-state index contributed by atoms with van der Waals surface area (Å²) in [7, 11) is 0. The fourth-order valence-electron chi connectivity index (χ4n) is 3.70. The van der Waals surface area contributed by atoms with Crippen LogP contribution in [-0.4, -0.2) is 52.5 Å². The highest BCUT2D eigenvalue weighted by molar-refractivity contribution is 6.07. The topological polar surface area (TPSA) is 95.9 Å². The van der Waals surface area contributed by atoms with Gasteiger partial charge in [-0.25, -0.2) is 4.79 Å². The van der Waals surface area contributed by atoms with Crippen LogP contribution in [0.5, 0.6) is 5.75 Å². The van der Waals surface area contributed by atoms with Crippen LogP contribution >= 0.6 is 0 Å². The summed E-state index contributed by atoms with van der Waals surface area (Å²) in [5, 5.41) is 13.1. The van der Waals surface area contributed by atoms with E-state index >= 15 is 0 Å². The van der Waals surface area contributed by atoms with Crippen LogP contribution in [0, 0.1) is 5.92 Å². The standard InChI is InChI=1S/C20H26N2O5/c1-13-6-8-20(9-7-13)18(25)22(19(26)21-20)11-16(24)12-27-17-5-3-4-15(10-17)14(2)23/h3-5,10,13,16,24H,6-9,11-12H2,1-2H3,(H,21,26)/t13?,16-,20?/m0/s1. The van der Waals surface area contributed by atoms with Gasteiger partial charge in [-0.3, -0.25) is 14.5 Å². The molecular weight excluding hydrogens is 348 g/mol. The smallest absolute Gasteiger partial charge is 0.325 e. The number of β-amino-alcohol motifs (C(OH)–C–C–N with tert-alkyl or cyclic N) is 1. The third kappa shape index (κ3) is 4.13. The Morgan fingerprint density at radius 2 is 2.07 bits per heavy atom. The highest BCUT2D eigenvalue weighted by Gasteiger charge is 2.52. The van der Waals surface area contributed by atoms with Gasteiger partial charge in [0.25, 0.3) is 5.91 Å². The molecule has 1 atom stereocenters. The van der Waals surface area contributed by atoms with E-state index in [9.17, 15) is 19.5 Å². The quantitative estimate of drug-likeness (QED) is 0.587. The Labute approximate surface area is 158 Å². The van der Waals surface area contributed by atoms with Gasteiger partial charge < -0.3 is 15.2 Å². The molecule has 0 unspecified atom stereocenters. The summed E-state index contributed by atoms with van der Waals surface area (Å²) in [4.78, 5) is 37.6. The molecular formula is C20H26N2O5. The van der Waals surface area contributed by atoms with E-state index in [0.717, 1.165) is 17.7 Å². The molecule has 2 aliphatic rings. The number of carbonyl (C=O) groups is 3. The maximum Gasteiger partial charge on any atom is 0.325 e. The van der Waals surface area contributed by atoms with E-state index in [1.807, 2.05) is 0 Å². The van der Waals surface area contributed by atoms with Gasteiger partial charge in [0.05, 0.1) is 6.54 Å². The number of aliphatic hydroxyl groups excluding tert-OH is 1. The molecule has 27 heavy (non-hydrogen) atoms. The number of rotatable bonds is 6. The molecule has 0 bridgehead atoms. The lowest BCUT2D eigenvalue weighted by molar-refractivity contribution is -0.133. The normalized spacial score (nSPS) is 26.2. The largest absolute Gasteiger partial charge is 0.491 e. The Morgan fingerprint density at radius 1 is 1.37 bits per heavy atom. The van der Waals surface area contributed by atoms with Crippen LogP contribution < -0.4 is 10.1 Å². The van der Waals surface area contributed by atoms with Crippen molar-refractivity contribution in [3.8, 4) is 5.75 Å². The summed E-state index contributed by atoms with van der Waals surface area (Å²) in [6.45, 7) is 3.41. The van der Waals surface area contributed by atoms with E-state index in [0.29, 0.717) is 30.1 Å². The maximum atomic E-state index is 12.8. The molecule has 2 N–H and O–H groups in total. The molecule has 1 aromatic carbocycles. The molecule has 2 fully saturated rings. The second-order valence-electron chi connectivity index (χ2n) is 7.66. The number of nitrogens with one attached hydrogen (secondary N) is 1. The first-order valence-electron chi connectivity index (χ1n) is 9.37. The van der Waals surface area contributed by atoms with Gasteiger partial charge in [0.15, 0.2) is 5.78 Å². The Balaban J connectivity index is 1.57. The van der Waals surface area contributed by atoms with E-state index in [4.69, 9.17) is 4.74 Å². The number of Topliss-reactive ketones (excluding diaryl/α,β-unsaturated/α-hetero) is 1. The fraction of sp³-hybridized carbons (Fsp3) is 0.550. The van der Waals surface area contributed by atoms with Gasteiger partial charge in [0, 0.05) is 5.56 Å². The summed E-state index contributed by atoms with van der Waals surface area (Å²) < 4.78 is 5.52. The lowest BCUT2D eigenvalue weighted by Crippen LogP contribution is -2.49. The number of benzene rings is 1. The van der Waals surface area contributed by atoms with Gasteiger partial charge in [0.2, 0.25) is 0 Å². The number of ketones is 1. The molecule has 1 saturated carbocycles. The SMILES string of the molecule is CC(=O)c1cccc(OC[C@@H](O)CN2C(=O)NC3(CCC(C)CC3)C2=O)c1. The maximum absolute atomic E-state index is 12.8. The number of carbonyl (C=O) groups excluding carboxylic acids is 3. The van der Waals surface area contributed by atoms with Crippen LogP contribution in [0.15, 0.2) is 24.3 Å². The Hall–Kier alpha value is -2.41. The van der Waals surface area contributed by atoms with Crippen LogP contribution in [0.3, 0.4) is 0 Å². The molecule has 1 aromatic rings. The van der Waals surface area contributed by atoms with Crippen molar-refractivity contribution >= 4 is 17.7 Å². The molecule has 1 aliphatic carbocycles. The van der Waals surface area contributed by atoms with Crippen molar-refractivity contribution in [2.24, 2.45) is 5.92 Å². The molecule has 146 valence electrons. The van der Waals surface area contributed by atoms with E-state index in [2.05, 4.69) is 12.2 Å². The van der Waals surface area contributed by atoms with Crippen LogP contribution in [0.25, 0.3) is 0 Å². The van der Waals surface area contributed by atoms with E-state index < -0.39 is 17.7 Å². The van der Waals surface area contributed by atoms with Crippen molar-refractivity contribution < 1.29 is 24.2 Å². The van der Waals surface area contributed by atoms with E-state index in [1.165, 1.54) is 6.92 Å². The molecule has 1 spiro atoms. The van der Waals surface area contributed by atoms with Crippen molar-refractivity contribution in [3.05, 3.63) is 29.8 Å². The van der Waals surface area contributed by atoms with Crippen LogP contribution in [-0.2, 0) is 4.79 Å². The summed E-state index contributed by atoms with van der Waals surface area (Å²) in [5.74, 6) is 0.681. The number of amides is 3. The number of nitrogens with zero attached hydrogens (tertiary/aromatic N) is 1. The zero-order chi connectivity index (χ0) is 19.6. The van der Waals surface area contributed by atoms with Gasteiger partial charge in [-0.1, -0.05) is 19.1 Å². The molecule has 1 saturated heterocycles. The Morgan fingerprint density at radius 3 is 2.74 bits per heavy atom. The number of hydrogen-bond donors (Lipinski definition) is 2. The third-order valence-electron chi connectivity index (χ3n) is 5.45. The first kappa shape index (κ1) is 19.4. The molecule has 1 aliphatic heterocycles. The number of aliphatic hydroxyl groups is 1. The summed E-state index contributed by atoms with van der Waals surface area (Å²) >= 11 is 0. The highest BCUT2D eigenvalue weighted by atomic mass is 16.5. The number of hydrogen-bond acceptors (Lipinski definition) is 5. The van der Waals surface area contributed by atoms with Crippen LogP contribution in [0.4, 0.5) is 4.79 Å². The lowest BCUT2D eigenvalue weighted by atomic mass is 9.77. The van der Waals surface area contributed by atoms with Gasteiger partial charge >= 0.3 is 6.03 Å². The third-order valence-corrected chi connectivity index (χ3v) is 5.45. The van der Waals surface area contributed by atoms with Crippen LogP contribution in [0.1, 0.15) is 49.9 Å². The minimum atomic E-state index is -1.02. The molecule has 0 aromatic heterocycles. The Bertz CT molecular complexity index is 740. The van der Waals surface area contributed by atoms with Crippen molar-refractivity contribution in [2.45, 2.75) is 51.2 Å². The van der Waals surface area contributed by atoms with Crippen molar-refractivity contribution in [1.82, 2.24) is 10.2 Å². The average Bonchev–Trinajstić information content (AvgIpc) is 2.87. The minimum Gasteiger partial charge on any atom is -0.491 e. The number of ether oxygens (including phenoxy) is 1. The first-order valence-corrected chi connectivity index (χ1v) is 9.37. The molecule has 3 rings (SSSR count). The van der Waals surface area contributed by atoms with Crippen molar-refractivity contribution in [2.75, 3.05) is 13.2 Å². The first-order chi connectivity index (χ1) is 12.8. The zero-order valence-electron chi connectivity index (χ0n) is 15.7. The monoisotopic (exact) mass is 374 g/mol. The molecule has 7 nitrogen and oxygen atoms in total. The van der Waals surface area contributed by atoms with Gasteiger partial charge in [-0.05, 0) is 50.7 Å². The predicted molar refractivity (Wildman–Crippen MR) is 98.6 cm³/mol. The number of urea groups is 1. The second kappa shape index (κ2) is 7.68. The fourth-order valence-corrected chi connectivity index (χ4v) is 3.70. The number of imide groups is 1. The molecule has 0 radical (unpaired) electrons. The van der Waals surface area contributed by atoms with E-state index in [1.54, 1.807) is 24.3 Å². The molecule has 1 heterocycles. The average molecular weight is 374 g/mol. The van der Waals surface area contributed by atoms with Gasteiger partial charge in [0.1, 0.15) is 24.0 Å². The summed E-state index contributed by atoms with van der Waals surface area (Å²) in [5.41, 5.74) is -0.287. The van der Waals surface area contributed by atoms with Gasteiger partial charge in [-0.15, -0.1) is 0 Å². The zero-order valence-corrected chi connectivity index (χ0v) is 15.7. The lowest BCUT2D eigenvalue weighted by Gasteiger charge is -2.33. The summed E-state index contributed by atoms with van der Waals surface area (Å²) in [6.07, 6.45) is 2.06. The molecule has 7 heteroatoms. The van der Waals surface area contributed by atoms with E-state index in [-0.39, 0.29) is 24.8 Å².